The first-order chi connectivity index (χ1) is 15.0. The summed E-state index contributed by atoms with van der Waals surface area (Å²) in [4.78, 5) is 19.6. The molecule has 1 aliphatic carbocycles. The number of nitrogens with one attached hydrogen (secondary N) is 1. The smallest absolute Gasteiger partial charge is 0.217 e. The third-order valence-corrected chi connectivity index (χ3v) is 8.63. The van der Waals surface area contributed by atoms with Crippen LogP contribution in [0.2, 0.25) is 0 Å². The molecular weight excluding hydrogens is 416 g/mol. The maximum Gasteiger partial charge on any atom is 0.217 e. The molecule has 10 heteroatoms. The monoisotopic (exact) mass is 440 g/mol. The van der Waals surface area contributed by atoms with Gasteiger partial charge in [0.15, 0.2) is 5.82 Å². The number of nitrogens with zero attached hydrogens (tertiary/aromatic N) is 5. The lowest BCUT2D eigenvalue weighted by Gasteiger charge is -2.35. The minimum absolute atomic E-state index is 0.153. The number of pyridine rings is 1. The molecule has 1 N–H and O–H groups in total. The zero-order chi connectivity index (χ0) is 21.2. The molecular formula is C21H24N6O3S. The number of hydrogen-bond acceptors (Lipinski definition) is 7. The molecule has 0 aromatic carbocycles. The highest BCUT2D eigenvalue weighted by Gasteiger charge is 2.43. The lowest BCUT2D eigenvalue weighted by Crippen LogP contribution is -2.44. The molecule has 0 spiro atoms. The highest BCUT2D eigenvalue weighted by Crippen LogP contribution is 2.39. The summed E-state index contributed by atoms with van der Waals surface area (Å²) < 4.78 is 33.0. The van der Waals surface area contributed by atoms with Gasteiger partial charge in [0.2, 0.25) is 10.0 Å². The van der Waals surface area contributed by atoms with E-state index < -0.39 is 10.0 Å². The van der Waals surface area contributed by atoms with Gasteiger partial charge in [-0.2, -0.15) is 4.31 Å². The Morgan fingerprint density at radius 3 is 2.90 bits per heavy atom. The van der Waals surface area contributed by atoms with E-state index in [1.165, 1.54) is 0 Å². The van der Waals surface area contributed by atoms with Gasteiger partial charge in [0, 0.05) is 42.0 Å². The van der Waals surface area contributed by atoms with Gasteiger partial charge < -0.3 is 14.6 Å². The van der Waals surface area contributed by atoms with Crippen LogP contribution in [0.4, 0.5) is 5.82 Å². The molecule has 2 aliphatic heterocycles. The van der Waals surface area contributed by atoms with E-state index in [-0.39, 0.29) is 11.3 Å². The van der Waals surface area contributed by atoms with Crippen LogP contribution in [0.1, 0.15) is 31.0 Å². The molecule has 162 valence electrons. The number of hydrogen-bond donors (Lipinski definition) is 1. The Morgan fingerprint density at radius 2 is 2.10 bits per heavy atom. The molecule has 31 heavy (non-hydrogen) atoms. The number of H-pyrrole nitrogens is 1. The summed E-state index contributed by atoms with van der Waals surface area (Å²) in [6, 6.07) is 4.13. The summed E-state index contributed by atoms with van der Waals surface area (Å²) in [7, 11) is -3.29. The molecule has 0 unspecified atom stereocenters. The van der Waals surface area contributed by atoms with Crippen LogP contribution in [-0.4, -0.2) is 63.7 Å². The van der Waals surface area contributed by atoms with Gasteiger partial charge in [-0.1, -0.05) is 0 Å². The summed E-state index contributed by atoms with van der Waals surface area (Å²) in [6.45, 7) is 4.70. The van der Waals surface area contributed by atoms with Crippen molar-refractivity contribution in [2.45, 2.75) is 44.1 Å². The molecule has 0 amide bonds. The largest absolute Gasteiger partial charge is 0.377 e. The van der Waals surface area contributed by atoms with Crippen LogP contribution < -0.4 is 4.90 Å². The van der Waals surface area contributed by atoms with Crippen molar-refractivity contribution in [3.8, 4) is 11.4 Å². The zero-order valence-corrected chi connectivity index (χ0v) is 18.1. The summed E-state index contributed by atoms with van der Waals surface area (Å²) >= 11 is 0. The highest BCUT2D eigenvalue weighted by molar-refractivity contribution is 7.90. The van der Waals surface area contributed by atoms with E-state index in [2.05, 4.69) is 21.8 Å². The van der Waals surface area contributed by atoms with Crippen LogP contribution in [0, 0.1) is 0 Å². The van der Waals surface area contributed by atoms with Crippen molar-refractivity contribution in [1.29, 1.82) is 0 Å². The first-order valence-corrected chi connectivity index (χ1v) is 12.2. The summed E-state index contributed by atoms with van der Waals surface area (Å²) in [5, 5.41) is 0.751. The van der Waals surface area contributed by atoms with E-state index in [9.17, 15) is 8.42 Å². The average Bonchev–Trinajstić information content (AvgIpc) is 3.38. The van der Waals surface area contributed by atoms with Crippen molar-refractivity contribution < 1.29 is 13.2 Å². The molecule has 3 aliphatic rings. The zero-order valence-electron chi connectivity index (χ0n) is 17.3. The maximum atomic E-state index is 12.9. The molecule has 2 fully saturated rings. The Bertz CT molecular complexity index is 1270. The van der Waals surface area contributed by atoms with Gasteiger partial charge in [-0.15, -0.1) is 0 Å². The lowest BCUT2D eigenvalue weighted by atomic mass is 10.1. The van der Waals surface area contributed by atoms with Gasteiger partial charge in [-0.3, -0.25) is 0 Å². The van der Waals surface area contributed by atoms with Crippen LogP contribution in [0.3, 0.4) is 0 Å². The molecule has 5 heterocycles. The van der Waals surface area contributed by atoms with E-state index in [0.717, 1.165) is 46.5 Å². The standard InChI is InChI=1S/C21H24N6O3S/c1-13-12-30-7-6-27(13)21-17-10-26(31(28,29)16-2-3-16)11-18(17)24-20(25-21)15-8-14-4-5-22-19(14)23-9-15/h4-5,8-9,13,16H,2-3,6-7,10-12H2,1H3,(H,22,23)/t13-/m1/s1. The minimum atomic E-state index is -3.29. The Balaban J connectivity index is 1.46. The van der Waals surface area contributed by atoms with Gasteiger partial charge in [-0.25, -0.2) is 23.4 Å². The van der Waals surface area contributed by atoms with Gasteiger partial charge in [0.1, 0.15) is 11.5 Å². The topological polar surface area (TPSA) is 104 Å². The molecule has 3 aromatic rings. The van der Waals surface area contributed by atoms with Crippen LogP contribution >= 0.6 is 0 Å². The summed E-state index contributed by atoms with van der Waals surface area (Å²) in [6.07, 6.45) is 5.12. The van der Waals surface area contributed by atoms with Crippen molar-refractivity contribution in [3.05, 3.63) is 35.8 Å². The molecule has 3 aromatic heterocycles. The molecule has 0 radical (unpaired) electrons. The van der Waals surface area contributed by atoms with E-state index in [4.69, 9.17) is 14.7 Å². The van der Waals surface area contributed by atoms with Gasteiger partial charge >= 0.3 is 0 Å². The molecule has 1 saturated carbocycles. The highest BCUT2D eigenvalue weighted by atomic mass is 32.2. The number of rotatable bonds is 4. The summed E-state index contributed by atoms with van der Waals surface area (Å²) in [5.41, 5.74) is 3.34. The maximum absolute atomic E-state index is 12.9. The molecule has 0 bridgehead atoms. The second-order valence-electron chi connectivity index (χ2n) is 8.57. The second kappa shape index (κ2) is 6.98. The van der Waals surface area contributed by atoms with E-state index in [1.807, 2.05) is 18.3 Å². The van der Waals surface area contributed by atoms with Crippen molar-refractivity contribution in [3.63, 3.8) is 0 Å². The third kappa shape index (κ3) is 3.20. The van der Waals surface area contributed by atoms with Crippen molar-refractivity contribution in [2.24, 2.45) is 0 Å². The number of sulfonamides is 1. The van der Waals surface area contributed by atoms with Crippen LogP contribution in [0.15, 0.2) is 24.5 Å². The van der Waals surface area contributed by atoms with Crippen molar-refractivity contribution in [2.75, 3.05) is 24.7 Å². The fourth-order valence-corrected chi connectivity index (χ4v) is 6.20. The van der Waals surface area contributed by atoms with E-state index >= 15 is 0 Å². The average molecular weight is 441 g/mol. The molecule has 1 atom stereocenters. The lowest BCUT2D eigenvalue weighted by molar-refractivity contribution is 0.0984. The molecule has 6 rings (SSSR count). The molecule has 1 saturated heterocycles. The quantitative estimate of drug-likeness (QED) is 0.662. The number of fused-ring (bicyclic) bond motifs is 2. The van der Waals surface area contributed by atoms with Crippen LogP contribution in [-0.2, 0) is 27.8 Å². The van der Waals surface area contributed by atoms with Gasteiger partial charge in [0.25, 0.3) is 0 Å². The minimum Gasteiger partial charge on any atom is -0.377 e. The van der Waals surface area contributed by atoms with Crippen LogP contribution in [0.25, 0.3) is 22.4 Å². The van der Waals surface area contributed by atoms with Gasteiger partial charge in [-0.05, 0) is 31.9 Å². The number of anilines is 1. The fraction of sp³-hybridized carbons (Fsp3) is 0.476. The van der Waals surface area contributed by atoms with Crippen LogP contribution in [0.5, 0.6) is 0 Å². The van der Waals surface area contributed by atoms with Gasteiger partial charge in [0.05, 0.1) is 36.7 Å². The first-order valence-electron chi connectivity index (χ1n) is 10.7. The van der Waals surface area contributed by atoms with Crippen molar-refractivity contribution in [1.82, 2.24) is 24.2 Å². The first kappa shape index (κ1) is 19.1. The Kier molecular flexibility index (Phi) is 4.31. The number of morpholine rings is 1. The van der Waals surface area contributed by atoms with Crippen molar-refractivity contribution >= 4 is 26.9 Å². The Labute approximate surface area is 180 Å². The fourth-order valence-electron chi connectivity index (χ4n) is 4.44. The van der Waals surface area contributed by atoms with E-state index in [0.29, 0.717) is 38.7 Å². The predicted octanol–water partition coefficient (Wildman–Crippen LogP) is 2.05. The number of ether oxygens (including phenoxy) is 1. The normalized spacial score (nSPS) is 22.2. The SMILES string of the molecule is C[C@@H]1COCCN1c1nc(-c2cnc3[nH]ccc3c2)nc2c1CN(S(=O)(=O)C1CC1)C2. The third-order valence-electron chi connectivity index (χ3n) is 6.34. The Hall–Kier alpha value is -2.56. The number of aromatic nitrogens is 4. The number of aromatic amines is 1. The Morgan fingerprint density at radius 1 is 1.23 bits per heavy atom. The molecule has 9 nitrogen and oxygen atoms in total. The predicted molar refractivity (Wildman–Crippen MR) is 116 cm³/mol. The summed E-state index contributed by atoms with van der Waals surface area (Å²) in [5.74, 6) is 1.40. The van der Waals surface area contributed by atoms with E-state index in [1.54, 1.807) is 10.5 Å². The second-order valence-corrected chi connectivity index (χ2v) is 10.8.